The van der Waals surface area contributed by atoms with Crippen LogP contribution in [0.15, 0.2) is 61.1 Å². The average molecular weight is 429 g/mol. The van der Waals surface area contributed by atoms with E-state index in [1.807, 2.05) is 35.2 Å². The normalized spacial score (nSPS) is 15.9. The molecule has 162 valence electrons. The molecule has 2 aliphatic heterocycles. The minimum atomic E-state index is -0.0911. The SMILES string of the molecule is O=C(c1cnc2c(c1)N(Cc1ccccc1)C(=O)CN2)N1CCN(c2ncccn2)CC1. The van der Waals surface area contributed by atoms with Gasteiger partial charge in [-0.3, -0.25) is 9.59 Å². The van der Waals surface area contributed by atoms with Gasteiger partial charge in [0.25, 0.3) is 5.91 Å². The molecule has 2 aromatic heterocycles. The molecule has 0 aliphatic carbocycles. The van der Waals surface area contributed by atoms with Gasteiger partial charge in [0.1, 0.15) is 0 Å². The van der Waals surface area contributed by atoms with E-state index < -0.39 is 0 Å². The third-order valence-electron chi connectivity index (χ3n) is 5.70. The van der Waals surface area contributed by atoms with Crippen molar-refractivity contribution in [2.45, 2.75) is 6.54 Å². The zero-order valence-corrected chi connectivity index (χ0v) is 17.5. The number of benzene rings is 1. The van der Waals surface area contributed by atoms with Gasteiger partial charge in [-0.15, -0.1) is 0 Å². The number of aromatic nitrogens is 3. The van der Waals surface area contributed by atoms with Crippen molar-refractivity contribution < 1.29 is 9.59 Å². The van der Waals surface area contributed by atoms with E-state index in [-0.39, 0.29) is 18.4 Å². The van der Waals surface area contributed by atoms with Crippen LogP contribution < -0.4 is 15.1 Å². The van der Waals surface area contributed by atoms with Gasteiger partial charge in [-0.1, -0.05) is 30.3 Å². The third kappa shape index (κ3) is 3.96. The largest absolute Gasteiger partial charge is 0.359 e. The van der Waals surface area contributed by atoms with Crippen LogP contribution in [-0.4, -0.2) is 64.4 Å². The maximum Gasteiger partial charge on any atom is 0.255 e. The third-order valence-corrected chi connectivity index (χ3v) is 5.70. The van der Waals surface area contributed by atoms with Crippen molar-refractivity contribution in [2.24, 2.45) is 0 Å². The number of rotatable bonds is 4. The molecule has 1 aromatic carbocycles. The lowest BCUT2D eigenvalue weighted by molar-refractivity contribution is -0.117. The van der Waals surface area contributed by atoms with Crippen LogP contribution in [0.5, 0.6) is 0 Å². The van der Waals surface area contributed by atoms with E-state index in [1.54, 1.807) is 35.6 Å². The first-order valence-electron chi connectivity index (χ1n) is 10.6. The molecule has 2 amide bonds. The summed E-state index contributed by atoms with van der Waals surface area (Å²) in [6.45, 7) is 3.08. The highest BCUT2D eigenvalue weighted by atomic mass is 16.2. The second-order valence-corrected chi connectivity index (χ2v) is 7.74. The minimum Gasteiger partial charge on any atom is -0.359 e. The second kappa shape index (κ2) is 8.62. The number of nitrogens with zero attached hydrogens (tertiary/aromatic N) is 6. The molecule has 0 atom stereocenters. The molecule has 0 spiro atoms. The monoisotopic (exact) mass is 429 g/mol. The molecule has 0 radical (unpaired) electrons. The van der Waals surface area contributed by atoms with Crippen LogP contribution in [-0.2, 0) is 11.3 Å². The summed E-state index contributed by atoms with van der Waals surface area (Å²) in [5.41, 5.74) is 2.12. The molecule has 32 heavy (non-hydrogen) atoms. The molecule has 2 aliphatic rings. The lowest BCUT2D eigenvalue weighted by Gasteiger charge is -2.35. The van der Waals surface area contributed by atoms with E-state index in [0.717, 1.165) is 5.56 Å². The zero-order valence-electron chi connectivity index (χ0n) is 17.5. The lowest BCUT2D eigenvalue weighted by Crippen LogP contribution is -2.49. The molecular weight excluding hydrogens is 406 g/mol. The van der Waals surface area contributed by atoms with E-state index in [0.29, 0.717) is 55.7 Å². The summed E-state index contributed by atoms with van der Waals surface area (Å²) in [6, 6.07) is 13.3. The molecule has 9 nitrogen and oxygen atoms in total. The summed E-state index contributed by atoms with van der Waals surface area (Å²) in [4.78, 5) is 44.4. The van der Waals surface area contributed by atoms with E-state index in [1.165, 1.54) is 0 Å². The van der Waals surface area contributed by atoms with E-state index in [2.05, 4.69) is 25.2 Å². The predicted molar refractivity (Wildman–Crippen MR) is 121 cm³/mol. The first-order valence-corrected chi connectivity index (χ1v) is 10.6. The second-order valence-electron chi connectivity index (χ2n) is 7.74. The number of nitrogens with one attached hydrogen (secondary N) is 1. The number of fused-ring (bicyclic) bond motifs is 1. The molecule has 0 unspecified atom stereocenters. The van der Waals surface area contributed by atoms with E-state index >= 15 is 0 Å². The van der Waals surface area contributed by atoms with Crippen LogP contribution >= 0.6 is 0 Å². The lowest BCUT2D eigenvalue weighted by atomic mass is 10.1. The van der Waals surface area contributed by atoms with Gasteiger partial charge in [0.05, 0.1) is 24.3 Å². The van der Waals surface area contributed by atoms with E-state index in [9.17, 15) is 9.59 Å². The van der Waals surface area contributed by atoms with Crippen LogP contribution in [0.4, 0.5) is 17.5 Å². The van der Waals surface area contributed by atoms with Gasteiger partial charge < -0.3 is 20.0 Å². The Hall–Kier alpha value is -4.01. The van der Waals surface area contributed by atoms with Crippen LogP contribution in [0, 0.1) is 0 Å². The topological polar surface area (TPSA) is 94.6 Å². The van der Waals surface area contributed by atoms with Gasteiger partial charge in [-0.2, -0.15) is 0 Å². The predicted octanol–water partition coefficient (Wildman–Crippen LogP) is 1.79. The number of carbonyl (C=O) groups excluding carboxylic acids is 2. The Balaban J connectivity index is 1.33. The summed E-state index contributed by atoms with van der Waals surface area (Å²) in [7, 11) is 0. The number of carbonyl (C=O) groups is 2. The maximum atomic E-state index is 13.2. The minimum absolute atomic E-state index is 0.0516. The fraction of sp³-hybridized carbons (Fsp3) is 0.261. The van der Waals surface area contributed by atoms with Gasteiger partial charge >= 0.3 is 0 Å². The molecule has 4 heterocycles. The number of pyridine rings is 1. The summed E-state index contributed by atoms with van der Waals surface area (Å²) in [6.07, 6.45) is 5.02. The quantitative estimate of drug-likeness (QED) is 0.676. The average Bonchev–Trinajstić information content (AvgIpc) is 2.86. The highest BCUT2D eigenvalue weighted by Crippen LogP contribution is 2.30. The van der Waals surface area contributed by atoms with Gasteiger partial charge in [0.15, 0.2) is 5.82 Å². The Morgan fingerprint density at radius 2 is 1.72 bits per heavy atom. The van der Waals surface area contributed by atoms with Crippen molar-refractivity contribution in [3.63, 3.8) is 0 Å². The van der Waals surface area contributed by atoms with Crippen LogP contribution in [0.3, 0.4) is 0 Å². The molecule has 0 bridgehead atoms. The van der Waals surface area contributed by atoms with Gasteiger partial charge in [-0.25, -0.2) is 15.0 Å². The molecule has 1 saturated heterocycles. The molecule has 9 heteroatoms. The first kappa shape index (κ1) is 19.9. The van der Waals surface area contributed by atoms with Crippen molar-refractivity contribution in [2.75, 3.05) is 47.8 Å². The van der Waals surface area contributed by atoms with Crippen molar-refractivity contribution in [1.82, 2.24) is 19.9 Å². The van der Waals surface area contributed by atoms with Crippen molar-refractivity contribution in [3.8, 4) is 0 Å². The highest BCUT2D eigenvalue weighted by molar-refractivity contribution is 6.04. The first-order chi connectivity index (χ1) is 15.7. The van der Waals surface area contributed by atoms with Crippen LogP contribution in [0.1, 0.15) is 15.9 Å². The van der Waals surface area contributed by atoms with E-state index in [4.69, 9.17) is 0 Å². The summed E-state index contributed by atoms with van der Waals surface area (Å²) in [5.74, 6) is 1.15. The number of anilines is 3. The Morgan fingerprint density at radius 1 is 0.969 bits per heavy atom. The Bertz CT molecular complexity index is 1120. The summed E-state index contributed by atoms with van der Waals surface area (Å²) >= 11 is 0. The molecule has 5 rings (SSSR count). The number of piperazine rings is 1. The number of amides is 2. The molecule has 0 saturated carbocycles. The van der Waals surface area contributed by atoms with Crippen molar-refractivity contribution >= 4 is 29.3 Å². The molecule has 1 fully saturated rings. The van der Waals surface area contributed by atoms with Crippen molar-refractivity contribution in [1.29, 1.82) is 0 Å². The fourth-order valence-electron chi connectivity index (χ4n) is 3.99. The summed E-state index contributed by atoms with van der Waals surface area (Å²) < 4.78 is 0. The Morgan fingerprint density at radius 3 is 2.47 bits per heavy atom. The number of hydrogen-bond donors (Lipinski definition) is 1. The smallest absolute Gasteiger partial charge is 0.255 e. The van der Waals surface area contributed by atoms with Crippen molar-refractivity contribution in [3.05, 3.63) is 72.2 Å². The fourth-order valence-corrected chi connectivity index (χ4v) is 3.99. The number of hydrogen-bond acceptors (Lipinski definition) is 7. The maximum absolute atomic E-state index is 13.2. The summed E-state index contributed by atoms with van der Waals surface area (Å²) in [5, 5.41) is 3.05. The van der Waals surface area contributed by atoms with Gasteiger partial charge in [0, 0.05) is 44.8 Å². The Kier molecular flexibility index (Phi) is 5.37. The molecule has 3 aromatic rings. The van der Waals surface area contributed by atoms with Crippen LogP contribution in [0.25, 0.3) is 0 Å². The van der Waals surface area contributed by atoms with Gasteiger partial charge in [-0.05, 0) is 17.7 Å². The Labute approximate surface area is 185 Å². The van der Waals surface area contributed by atoms with Crippen LogP contribution in [0.2, 0.25) is 0 Å². The standard InChI is InChI=1S/C23H23N7O2/c31-20-15-27-21-19(30(20)16-17-5-2-1-3-6-17)13-18(14-26-21)22(32)28-9-11-29(12-10-28)23-24-7-4-8-25-23/h1-8,13-14H,9-12,15-16H2,(H,26,27). The molecule has 1 N–H and O–H groups in total. The van der Waals surface area contributed by atoms with Gasteiger partial charge in [0.2, 0.25) is 11.9 Å². The molecular formula is C23H23N7O2. The highest BCUT2D eigenvalue weighted by Gasteiger charge is 2.28. The zero-order chi connectivity index (χ0) is 21.9.